The van der Waals surface area contributed by atoms with Gasteiger partial charge in [-0.3, -0.25) is 0 Å². The van der Waals surface area contributed by atoms with Gasteiger partial charge in [0.15, 0.2) is 5.82 Å². The van der Waals surface area contributed by atoms with Gasteiger partial charge in [-0.05, 0) is 26.1 Å². The summed E-state index contributed by atoms with van der Waals surface area (Å²) in [6, 6.07) is 8.42. The fourth-order valence-corrected chi connectivity index (χ4v) is 3.66. The van der Waals surface area contributed by atoms with Crippen LogP contribution in [0, 0.1) is 0 Å². The number of hydrogen-bond acceptors (Lipinski definition) is 7. The monoisotopic (exact) mass is 346 g/mol. The average molecular weight is 346 g/mol. The molecule has 0 saturated carbocycles. The number of nitrogens with one attached hydrogen (secondary N) is 1. The van der Waals surface area contributed by atoms with Gasteiger partial charge < -0.3 is 9.84 Å². The van der Waals surface area contributed by atoms with Gasteiger partial charge in [0.25, 0.3) is 5.89 Å². The molecule has 1 atom stereocenters. The van der Waals surface area contributed by atoms with Gasteiger partial charge in [0.1, 0.15) is 0 Å². The molecule has 120 valence electrons. The molecule has 0 aliphatic rings. The van der Waals surface area contributed by atoms with E-state index >= 15 is 0 Å². The molecule has 1 N–H and O–H groups in total. The second-order valence-corrected chi connectivity index (χ2v) is 6.91. The molecule has 23 heavy (non-hydrogen) atoms. The van der Waals surface area contributed by atoms with Gasteiger partial charge in [0, 0.05) is 28.5 Å². The van der Waals surface area contributed by atoms with E-state index in [1.807, 2.05) is 30.8 Å². The van der Waals surface area contributed by atoms with Crippen molar-refractivity contribution in [3.05, 3.63) is 46.7 Å². The summed E-state index contributed by atoms with van der Waals surface area (Å²) in [5, 5.41) is 9.33. The van der Waals surface area contributed by atoms with Crippen molar-refractivity contribution in [2.24, 2.45) is 0 Å². The Morgan fingerprint density at radius 1 is 1.35 bits per heavy atom. The minimum atomic E-state index is 0.315. The average Bonchev–Trinajstić information content (AvgIpc) is 3.25. The zero-order valence-corrected chi connectivity index (χ0v) is 14.7. The van der Waals surface area contributed by atoms with Crippen molar-refractivity contribution in [1.29, 1.82) is 0 Å². The number of thiazole rings is 1. The molecule has 2 heterocycles. The first kappa shape index (κ1) is 16.2. The Kier molecular flexibility index (Phi) is 5.43. The van der Waals surface area contributed by atoms with Gasteiger partial charge in [-0.15, -0.1) is 23.1 Å². The van der Waals surface area contributed by atoms with E-state index in [0.29, 0.717) is 11.9 Å². The molecule has 0 amide bonds. The minimum Gasteiger partial charge on any atom is -0.334 e. The van der Waals surface area contributed by atoms with E-state index in [-0.39, 0.29) is 0 Å². The lowest BCUT2D eigenvalue weighted by Crippen LogP contribution is -2.24. The van der Waals surface area contributed by atoms with E-state index in [0.717, 1.165) is 34.2 Å². The molecule has 0 aliphatic carbocycles. The summed E-state index contributed by atoms with van der Waals surface area (Å²) in [6.45, 7) is 2.09. The van der Waals surface area contributed by atoms with Crippen LogP contribution < -0.4 is 5.32 Å². The molecule has 1 aromatic carbocycles. The summed E-state index contributed by atoms with van der Waals surface area (Å²) in [5.74, 6) is 2.13. The fraction of sp³-hybridized carbons (Fsp3) is 0.312. The van der Waals surface area contributed by atoms with E-state index in [1.54, 1.807) is 23.1 Å². The quantitative estimate of drug-likeness (QED) is 0.659. The van der Waals surface area contributed by atoms with Crippen molar-refractivity contribution >= 4 is 23.1 Å². The maximum Gasteiger partial charge on any atom is 0.259 e. The topological polar surface area (TPSA) is 63.8 Å². The number of nitrogens with zero attached hydrogens (tertiary/aromatic N) is 3. The van der Waals surface area contributed by atoms with Crippen molar-refractivity contribution < 1.29 is 4.52 Å². The Hall–Kier alpha value is -1.70. The van der Waals surface area contributed by atoms with Gasteiger partial charge in [0.2, 0.25) is 0 Å². The maximum absolute atomic E-state index is 5.46. The maximum atomic E-state index is 5.46. The molecule has 0 bridgehead atoms. The highest BCUT2D eigenvalue weighted by Crippen LogP contribution is 2.32. The highest BCUT2D eigenvalue weighted by Gasteiger charge is 2.14. The molecular weight excluding hydrogens is 328 g/mol. The highest BCUT2D eigenvalue weighted by atomic mass is 32.2. The Morgan fingerprint density at radius 2 is 2.22 bits per heavy atom. The van der Waals surface area contributed by atoms with Crippen LogP contribution in [-0.4, -0.2) is 28.2 Å². The van der Waals surface area contributed by atoms with Crippen LogP contribution in [-0.2, 0) is 12.2 Å². The van der Waals surface area contributed by atoms with Crippen molar-refractivity contribution in [2.45, 2.75) is 30.0 Å². The number of aromatic nitrogens is 3. The predicted octanol–water partition coefficient (Wildman–Crippen LogP) is 3.64. The van der Waals surface area contributed by atoms with Crippen molar-refractivity contribution in [1.82, 2.24) is 20.4 Å². The fourth-order valence-electron chi connectivity index (χ4n) is 2.05. The van der Waals surface area contributed by atoms with Crippen LogP contribution in [0.4, 0.5) is 0 Å². The Bertz CT molecular complexity index is 742. The first-order valence-electron chi connectivity index (χ1n) is 7.35. The van der Waals surface area contributed by atoms with E-state index in [9.17, 15) is 0 Å². The molecular formula is C16H18N4OS2. The number of benzene rings is 1. The highest BCUT2D eigenvalue weighted by molar-refractivity contribution is 7.98. The second kappa shape index (κ2) is 7.72. The summed E-state index contributed by atoms with van der Waals surface area (Å²) in [7, 11) is 1.93. The first-order valence-corrected chi connectivity index (χ1v) is 9.28. The summed E-state index contributed by atoms with van der Waals surface area (Å²) < 4.78 is 5.46. The zero-order chi connectivity index (χ0) is 16.1. The summed E-state index contributed by atoms with van der Waals surface area (Å²) in [6.07, 6.45) is 0.744. The predicted molar refractivity (Wildman–Crippen MR) is 93.6 cm³/mol. The Morgan fingerprint density at radius 3 is 3.00 bits per heavy atom. The molecule has 7 heteroatoms. The van der Waals surface area contributed by atoms with Crippen molar-refractivity contribution in [3.63, 3.8) is 0 Å². The first-order chi connectivity index (χ1) is 11.3. The second-order valence-electron chi connectivity index (χ2n) is 5.17. The van der Waals surface area contributed by atoms with Crippen LogP contribution in [0.15, 0.2) is 44.6 Å². The normalized spacial score (nSPS) is 12.4. The third-order valence-electron chi connectivity index (χ3n) is 3.43. The largest absolute Gasteiger partial charge is 0.334 e. The number of likely N-dealkylation sites (N-methyl/N-ethyl adjacent to an activating group) is 1. The number of rotatable bonds is 7. The Labute approximate surface area is 143 Å². The molecule has 5 nitrogen and oxygen atoms in total. The van der Waals surface area contributed by atoms with Crippen LogP contribution in [0.3, 0.4) is 0 Å². The lowest BCUT2D eigenvalue weighted by molar-refractivity contribution is 0.417. The molecule has 0 aliphatic heterocycles. The molecule has 3 aromatic rings. The van der Waals surface area contributed by atoms with Crippen LogP contribution in [0.1, 0.15) is 18.4 Å². The summed E-state index contributed by atoms with van der Waals surface area (Å²) in [4.78, 5) is 9.97. The molecule has 0 saturated heterocycles. The van der Waals surface area contributed by atoms with Crippen molar-refractivity contribution in [3.8, 4) is 11.5 Å². The third kappa shape index (κ3) is 4.19. The molecule has 2 aromatic heterocycles. The number of thioether (sulfide) groups is 1. The van der Waals surface area contributed by atoms with E-state index in [1.165, 1.54) is 0 Å². The molecule has 1 unspecified atom stereocenters. The third-order valence-corrected chi connectivity index (χ3v) is 5.17. The van der Waals surface area contributed by atoms with Crippen LogP contribution >= 0.6 is 23.1 Å². The summed E-state index contributed by atoms with van der Waals surface area (Å²) in [5.41, 5.74) is 3.92. The lowest BCUT2D eigenvalue weighted by Gasteiger charge is -2.05. The van der Waals surface area contributed by atoms with E-state index in [2.05, 4.69) is 38.8 Å². The van der Waals surface area contributed by atoms with Crippen LogP contribution in [0.5, 0.6) is 0 Å². The van der Waals surface area contributed by atoms with E-state index < -0.39 is 0 Å². The van der Waals surface area contributed by atoms with Gasteiger partial charge in [-0.25, -0.2) is 4.98 Å². The van der Waals surface area contributed by atoms with Gasteiger partial charge in [0.05, 0.1) is 16.8 Å². The SMILES string of the molecule is CNC(C)Cc1noc(-c2ccccc2SCc2cscn2)n1. The standard InChI is InChI=1S/C16H18N4OS2/c1-11(17-2)7-15-19-16(21-20-15)13-5-3-4-6-14(13)23-9-12-8-22-10-18-12/h3-6,8,10-11,17H,7,9H2,1-2H3. The zero-order valence-electron chi connectivity index (χ0n) is 13.0. The summed E-state index contributed by atoms with van der Waals surface area (Å²) >= 11 is 3.35. The van der Waals surface area contributed by atoms with Crippen molar-refractivity contribution in [2.75, 3.05) is 7.05 Å². The van der Waals surface area contributed by atoms with Gasteiger partial charge in [-0.2, -0.15) is 4.98 Å². The van der Waals surface area contributed by atoms with Gasteiger partial charge >= 0.3 is 0 Å². The molecule has 0 radical (unpaired) electrons. The van der Waals surface area contributed by atoms with Crippen LogP contribution in [0.25, 0.3) is 11.5 Å². The minimum absolute atomic E-state index is 0.315. The number of hydrogen-bond donors (Lipinski definition) is 1. The Balaban J connectivity index is 1.77. The van der Waals surface area contributed by atoms with Crippen LogP contribution in [0.2, 0.25) is 0 Å². The molecule has 0 spiro atoms. The molecule has 3 rings (SSSR count). The van der Waals surface area contributed by atoms with Gasteiger partial charge in [-0.1, -0.05) is 17.3 Å². The lowest BCUT2D eigenvalue weighted by atomic mass is 10.2. The van der Waals surface area contributed by atoms with E-state index in [4.69, 9.17) is 4.52 Å². The molecule has 0 fully saturated rings. The smallest absolute Gasteiger partial charge is 0.259 e.